The van der Waals surface area contributed by atoms with Gasteiger partial charge in [-0.3, -0.25) is 0 Å². The Hall–Kier alpha value is -0.840. The Labute approximate surface area is 145 Å². The smallest absolute Gasteiger partial charge is 0.316 e. The van der Waals surface area contributed by atoms with Gasteiger partial charge in [0, 0.05) is 22.5 Å². The summed E-state index contributed by atoms with van der Waals surface area (Å²) in [5.41, 5.74) is 7.31. The molecule has 1 unspecified atom stereocenters. The van der Waals surface area contributed by atoms with Gasteiger partial charge in [0.15, 0.2) is 0 Å². The summed E-state index contributed by atoms with van der Waals surface area (Å²) in [7, 11) is 0. The summed E-state index contributed by atoms with van der Waals surface area (Å²) >= 11 is 18.1. The van der Waals surface area contributed by atoms with Gasteiger partial charge in [-0.1, -0.05) is 13.0 Å². The molecule has 1 aromatic carbocycles. The fourth-order valence-electron chi connectivity index (χ4n) is 2.35. The topological polar surface area (TPSA) is 64.3 Å². The predicted octanol–water partition coefficient (Wildman–Crippen LogP) is 4.23. The van der Waals surface area contributed by atoms with Crippen molar-refractivity contribution in [2.45, 2.75) is 31.0 Å². The number of ether oxygens (including phenoxy) is 1. The van der Waals surface area contributed by atoms with E-state index < -0.39 is 10.4 Å². The van der Waals surface area contributed by atoms with Gasteiger partial charge in [-0.25, -0.2) is 4.79 Å². The Bertz CT molecular complexity index is 592. The molecule has 1 aliphatic rings. The van der Waals surface area contributed by atoms with Crippen LogP contribution in [0.25, 0.3) is 0 Å². The lowest BCUT2D eigenvalue weighted by atomic mass is 10.0. The first-order valence-electron chi connectivity index (χ1n) is 6.96. The second-order valence-corrected chi connectivity index (χ2v) is 7.75. The molecule has 4 nitrogen and oxygen atoms in total. The van der Waals surface area contributed by atoms with E-state index in [0.29, 0.717) is 36.8 Å². The minimum atomic E-state index is -0.739. The third-order valence-corrected chi connectivity index (χ3v) is 5.38. The van der Waals surface area contributed by atoms with Crippen LogP contribution in [0.5, 0.6) is 5.75 Å². The highest BCUT2D eigenvalue weighted by Crippen LogP contribution is 2.63. The summed E-state index contributed by atoms with van der Waals surface area (Å²) in [4.78, 5) is 11.1. The van der Waals surface area contributed by atoms with Crippen molar-refractivity contribution in [3.05, 3.63) is 23.3 Å². The number of carbonyl (C=O) groups excluding carboxylic acids is 1. The van der Waals surface area contributed by atoms with Crippen LogP contribution in [-0.4, -0.2) is 22.9 Å². The standard InChI is InChI=1S/C15H19Cl3N2O2/c1-9-11(20-13(19)21)4-3-10(5-6-16)12(9)22-8-14(2)7-15(14,17)18/h3-4H,5-8H2,1-2H3,(H3,19,20,21). The van der Waals surface area contributed by atoms with Crippen LogP contribution in [0.4, 0.5) is 10.5 Å². The van der Waals surface area contributed by atoms with Gasteiger partial charge in [-0.05, 0) is 31.4 Å². The lowest BCUT2D eigenvalue weighted by Crippen LogP contribution is -2.21. The Balaban J connectivity index is 2.24. The van der Waals surface area contributed by atoms with E-state index in [1.54, 1.807) is 6.07 Å². The average molecular weight is 366 g/mol. The van der Waals surface area contributed by atoms with Crippen LogP contribution in [-0.2, 0) is 6.42 Å². The lowest BCUT2D eigenvalue weighted by Gasteiger charge is -2.20. The van der Waals surface area contributed by atoms with Crippen LogP contribution in [0.1, 0.15) is 24.5 Å². The van der Waals surface area contributed by atoms with Crippen LogP contribution in [0.15, 0.2) is 12.1 Å². The van der Waals surface area contributed by atoms with Gasteiger partial charge in [0.2, 0.25) is 0 Å². The van der Waals surface area contributed by atoms with Crippen molar-refractivity contribution in [1.29, 1.82) is 0 Å². The highest BCUT2D eigenvalue weighted by Gasteiger charge is 2.63. The van der Waals surface area contributed by atoms with Gasteiger partial charge in [0.05, 0.1) is 6.61 Å². The van der Waals surface area contributed by atoms with E-state index in [9.17, 15) is 4.79 Å². The van der Waals surface area contributed by atoms with E-state index in [1.807, 2.05) is 19.9 Å². The molecule has 0 bridgehead atoms. The van der Waals surface area contributed by atoms with Crippen molar-refractivity contribution in [3.63, 3.8) is 0 Å². The molecule has 0 saturated heterocycles. The van der Waals surface area contributed by atoms with Gasteiger partial charge in [-0.15, -0.1) is 34.8 Å². The maximum absolute atomic E-state index is 11.1. The van der Waals surface area contributed by atoms with E-state index in [2.05, 4.69) is 5.32 Å². The number of hydrogen-bond acceptors (Lipinski definition) is 2. The van der Waals surface area contributed by atoms with Gasteiger partial charge in [0.1, 0.15) is 10.1 Å². The molecule has 0 spiro atoms. The molecule has 1 aliphatic carbocycles. The fourth-order valence-corrected chi connectivity index (χ4v) is 3.25. The average Bonchev–Trinajstić information content (AvgIpc) is 2.91. The molecule has 0 radical (unpaired) electrons. The second-order valence-electron chi connectivity index (χ2n) is 5.89. The fraction of sp³-hybridized carbons (Fsp3) is 0.533. The van der Waals surface area contributed by atoms with Crippen LogP contribution >= 0.6 is 34.8 Å². The first-order chi connectivity index (χ1) is 10.2. The maximum Gasteiger partial charge on any atom is 0.316 e. The Morgan fingerprint density at radius 3 is 2.59 bits per heavy atom. The maximum atomic E-state index is 11.1. The molecule has 0 aliphatic heterocycles. The van der Waals surface area contributed by atoms with Crippen molar-refractivity contribution in [2.24, 2.45) is 11.1 Å². The molecule has 2 rings (SSSR count). The minimum Gasteiger partial charge on any atom is -0.492 e. The molecule has 22 heavy (non-hydrogen) atoms. The summed E-state index contributed by atoms with van der Waals surface area (Å²) in [6.45, 7) is 4.24. The normalized spacial score (nSPS) is 22.2. The van der Waals surface area contributed by atoms with E-state index in [0.717, 1.165) is 11.1 Å². The largest absolute Gasteiger partial charge is 0.492 e. The van der Waals surface area contributed by atoms with E-state index in [4.69, 9.17) is 45.3 Å². The van der Waals surface area contributed by atoms with Crippen molar-refractivity contribution in [2.75, 3.05) is 17.8 Å². The van der Waals surface area contributed by atoms with Crippen molar-refractivity contribution in [3.8, 4) is 5.75 Å². The summed E-state index contributed by atoms with van der Waals surface area (Å²) in [5, 5.41) is 2.59. The number of hydrogen-bond donors (Lipinski definition) is 2. The number of aryl methyl sites for hydroxylation is 1. The number of nitrogens with two attached hydrogens (primary N) is 1. The van der Waals surface area contributed by atoms with Gasteiger partial charge >= 0.3 is 6.03 Å². The number of amides is 2. The molecule has 1 fully saturated rings. The van der Waals surface area contributed by atoms with Crippen molar-refractivity contribution in [1.82, 2.24) is 0 Å². The number of nitrogens with one attached hydrogen (secondary N) is 1. The molecular weight excluding hydrogens is 347 g/mol. The Kier molecular flexibility index (Phi) is 5.05. The van der Waals surface area contributed by atoms with Gasteiger partial charge < -0.3 is 15.8 Å². The van der Waals surface area contributed by atoms with Crippen LogP contribution in [0, 0.1) is 12.3 Å². The SMILES string of the molecule is Cc1c(NC(N)=O)ccc(CCCl)c1OCC1(C)CC1(Cl)Cl. The second kappa shape index (κ2) is 6.34. The zero-order valence-electron chi connectivity index (χ0n) is 12.5. The third-order valence-electron chi connectivity index (χ3n) is 4.01. The number of anilines is 1. The molecule has 1 aromatic rings. The first-order valence-corrected chi connectivity index (χ1v) is 8.25. The number of primary amides is 1. The number of halogens is 3. The number of rotatable bonds is 6. The van der Waals surface area contributed by atoms with Crippen LogP contribution in [0.2, 0.25) is 0 Å². The number of alkyl halides is 3. The molecular formula is C15H19Cl3N2O2. The van der Waals surface area contributed by atoms with Gasteiger partial charge in [0.25, 0.3) is 0 Å². The van der Waals surface area contributed by atoms with Crippen molar-refractivity contribution < 1.29 is 9.53 Å². The first kappa shape index (κ1) is 17.5. The van der Waals surface area contributed by atoms with E-state index in [1.165, 1.54) is 0 Å². The summed E-state index contributed by atoms with van der Waals surface area (Å²) < 4.78 is 5.25. The van der Waals surface area contributed by atoms with E-state index >= 15 is 0 Å². The molecule has 1 atom stereocenters. The third kappa shape index (κ3) is 3.55. The van der Waals surface area contributed by atoms with E-state index in [-0.39, 0.29) is 5.41 Å². The van der Waals surface area contributed by atoms with Gasteiger partial charge in [-0.2, -0.15) is 0 Å². The Morgan fingerprint density at radius 1 is 1.45 bits per heavy atom. The highest BCUT2D eigenvalue weighted by atomic mass is 35.5. The summed E-state index contributed by atoms with van der Waals surface area (Å²) in [6.07, 6.45) is 1.35. The minimum absolute atomic E-state index is 0.270. The number of urea groups is 1. The summed E-state index contributed by atoms with van der Waals surface area (Å²) in [5.74, 6) is 1.18. The summed E-state index contributed by atoms with van der Waals surface area (Å²) in [6, 6.07) is 3.05. The molecule has 3 N–H and O–H groups in total. The lowest BCUT2D eigenvalue weighted by molar-refractivity contribution is 0.242. The molecule has 0 aromatic heterocycles. The highest BCUT2D eigenvalue weighted by molar-refractivity contribution is 6.51. The quantitative estimate of drug-likeness (QED) is 0.741. The van der Waals surface area contributed by atoms with Crippen LogP contribution in [0.3, 0.4) is 0 Å². The molecule has 1 saturated carbocycles. The van der Waals surface area contributed by atoms with Crippen molar-refractivity contribution >= 4 is 46.5 Å². The molecule has 2 amide bonds. The van der Waals surface area contributed by atoms with Crippen LogP contribution < -0.4 is 15.8 Å². The monoisotopic (exact) mass is 364 g/mol. The zero-order valence-corrected chi connectivity index (χ0v) is 14.8. The number of benzene rings is 1. The molecule has 7 heteroatoms. The molecule has 0 heterocycles. The molecule has 122 valence electrons. The zero-order chi connectivity index (χ0) is 16.5. The Morgan fingerprint density at radius 2 is 2.09 bits per heavy atom. The predicted molar refractivity (Wildman–Crippen MR) is 91.5 cm³/mol. The number of carbonyl (C=O) groups is 1.